The lowest BCUT2D eigenvalue weighted by Crippen LogP contribution is -2.35. The van der Waals surface area contributed by atoms with Crippen LogP contribution in [0.3, 0.4) is 0 Å². The molecular weight excluding hydrogens is 246 g/mol. The Hall–Kier alpha value is -1.95. The Balaban J connectivity index is 2.43. The molecule has 6 nitrogen and oxygen atoms in total. The van der Waals surface area contributed by atoms with Crippen LogP contribution in [-0.4, -0.2) is 32.8 Å². The van der Waals surface area contributed by atoms with Gasteiger partial charge < -0.3 is 25.8 Å². The molecule has 6 heteroatoms. The van der Waals surface area contributed by atoms with Crippen molar-refractivity contribution in [2.75, 3.05) is 26.8 Å². The number of hydrogen-bond donors (Lipinski definition) is 3. The first kappa shape index (κ1) is 15.1. The molecule has 1 aromatic rings. The molecule has 1 aromatic carbocycles. The van der Waals surface area contributed by atoms with Crippen molar-refractivity contribution >= 4 is 6.03 Å². The van der Waals surface area contributed by atoms with Gasteiger partial charge in [0.2, 0.25) is 0 Å². The van der Waals surface area contributed by atoms with E-state index in [2.05, 4.69) is 10.6 Å². The third kappa shape index (κ3) is 5.48. The second-order valence-corrected chi connectivity index (χ2v) is 3.89. The lowest BCUT2D eigenvalue weighted by Gasteiger charge is -2.11. The number of primary amides is 1. The van der Waals surface area contributed by atoms with Gasteiger partial charge in [-0.1, -0.05) is 6.07 Å². The fourth-order valence-electron chi connectivity index (χ4n) is 1.60. The van der Waals surface area contributed by atoms with Gasteiger partial charge in [-0.2, -0.15) is 0 Å². The van der Waals surface area contributed by atoms with Gasteiger partial charge in [-0.05, 0) is 24.6 Å². The first-order valence-electron chi connectivity index (χ1n) is 6.21. The van der Waals surface area contributed by atoms with Crippen LogP contribution in [0.2, 0.25) is 0 Å². The molecule has 0 spiro atoms. The highest BCUT2D eigenvalue weighted by molar-refractivity contribution is 5.71. The number of amides is 2. The summed E-state index contributed by atoms with van der Waals surface area (Å²) in [5, 5.41) is 5.71. The van der Waals surface area contributed by atoms with Crippen molar-refractivity contribution in [2.45, 2.75) is 13.5 Å². The van der Waals surface area contributed by atoms with E-state index in [-0.39, 0.29) is 0 Å². The summed E-state index contributed by atoms with van der Waals surface area (Å²) in [6, 6.07) is 5.28. The Labute approximate surface area is 113 Å². The molecule has 0 aliphatic carbocycles. The molecule has 4 N–H and O–H groups in total. The molecule has 106 valence electrons. The van der Waals surface area contributed by atoms with Gasteiger partial charge in [0.25, 0.3) is 0 Å². The van der Waals surface area contributed by atoms with E-state index in [1.807, 2.05) is 25.1 Å². The second kappa shape index (κ2) is 8.20. The first-order valence-corrected chi connectivity index (χ1v) is 6.21. The second-order valence-electron chi connectivity index (χ2n) is 3.89. The van der Waals surface area contributed by atoms with Gasteiger partial charge in [0.05, 0.1) is 13.7 Å². The SMILES string of the molecule is CCOc1ccc(CNCCNC(N)=O)cc1OC. The molecule has 0 aromatic heterocycles. The molecule has 0 saturated heterocycles. The number of rotatable bonds is 8. The summed E-state index contributed by atoms with van der Waals surface area (Å²) in [4.78, 5) is 10.5. The number of nitrogens with one attached hydrogen (secondary N) is 2. The van der Waals surface area contributed by atoms with E-state index in [1.54, 1.807) is 7.11 Å². The van der Waals surface area contributed by atoms with Crippen molar-refractivity contribution < 1.29 is 14.3 Å². The summed E-state index contributed by atoms with van der Waals surface area (Å²) < 4.78 is 10.7. The summed E-state index contributed by atoms with van der Waals surface area (Å²) in [5.74, 6) is 1.46. The molecule has 2 amide bonds. The number of urea groups is 1. The van der Waals surface area contributed by atoms with Crippen molar-refractivity contribution in [3.8, 4) is 11.5 Å². The average Bonchev–Trinajstić information content (AvgIpc) is 2.39. The van der Waals surface area contributed by atoms with Crippen molar-refractivity contribution in [1.82, 2.24) is 10.6 Å². The molecule has 0 saturated carbocycles. The zero-order chi connectivity index (χ0) is 14.1. The van der Waals surface area contributed by atoms with E-state index in [9.17, 15) is 4.79 Å². The maximum atomic E-state index is 10.5. The number of benzene rings is 1. The number of carbonyl (C=O) groups is 1. The van der Waals surface area contributed by atoms with Gasteiger partial charge in [-0.15, -0.1) is 0 Å². The minimum absolute atomic E-state index is 0.503. The summed E-state index contributed by atoms with van der Waals surface area (Å²) in [6.45, 7) is 4.37. The van der Waals surface area contributed by atoms with Gasteiger partial charge in [0.15, 0.2) is 11.5 Å². The van der Waals surface area contributed by atoms with Gasteiger partial charge >= 0.3 is 6.03 Å². The van der Waals surface area contributed by atoms with E-state index < -0.39 is 6.03 Å². The zero-order valence-electron chi connectivity index (χ0n) is 11.4. The molecule has 0 aliphatic rings. The highest BCUT2D eigenvalue weighted by Crippen LogP contribution is 2.27. The quantitative estimate of drug-likeness (QED) is 0.610. The van der Waals surface area contributed by atoms with E-state index in [1.165, 1.54) is 0 Å². The Morgan fingerprint density at radius 3 is 2.74 bits per heavy atom. The monoisotopic (exact) mass is 267 g/mol. The maximum Gasteiger partial charge on any atom is 0.312 e. The van der Waals surface area contributed by atoms with Gasteiger partial charge in [-0.3, -0.25) is 0 Å². The largest absolute Gasteiger partial charge is 0.493 e. The van der Waals surface area contributed by atoms with Crippen LogP contribution >= 0.6 is 0 Å². The zero-order valence-corrected chi connectivity index (χ0v) is 11.4. The molecule has 0 aliphatic heterocycles. The van der Waals surface area contributed by atoms with E-state index in [0.29, 0.717) is 26.2 Å². The standard InChI is InChI=1S/C13H21N3O3/c1-3-19-11-5-4-10(8-12(11)18-2)9-15-6-7-16-13(14)17/h4-5,8,15H,3,6-7,9H2,1-2H3,(H3,14,16,17). The summed E-state index contributed by atoms with van der Waals surface area (Å²) in [5.41, 5.74) is 6.04. The Morgan fingerprint density at radius 1 is 1.32 bits per heavy atom. The van der Waals surface area contributed by atoms with Crippen LogP contribution < -0.4 is 25.8 Å². The number of carbonyl (C=O) groups excluding carboxylic acids is 1. The third-order valence-corrected chi connectivity index (χ3v) is 2.46. The van der Waals surface area contributed by atoms with Crippen LogP contribution in [0.4, 0.5) is 4.79 Å². The minimum Gasteiger partial charge on any atom is -0.493 e. The van der Waals surface area contributed by atoms with Crippen molar-refractivity contribution in [1.29, 1.82) is 0 Å². The van der Waals surface area contributed by atoms with E-state index in [4.69, 9.17) is 15.2 Å². The van der Waals surface area contributed by atoms with Crippen LogP contribution in [0.1, 0.15) is 12.5 Å². The molecule has 0 bridgehead atoms. The topological polar surface area (TPSA) is 85.6 Å². The molecule has 19 heavy (non-hydrogen) atoms. The first-order chi connectivity index (χ1) is 9.17. The number of hydrogen-bond acceptors (Lipinski definition) is 4. The average molecular weight is 267 g/mol. The summed E-state index contributed by atoms with van der Waals surface area (Å²) in [7, 11) is 1.62. The Morgan fingerprint density at radius 2 is 2.11 bits per heavy atom. The van der Waals surface area contributed by atoms with Crippen LogP contribution in [0.5, 0.6) is 11.5 Å². The Bertz CT molecular complexity index is 410. The van der Waals surface area contributed by atoms with Crippen molar-refractivity contribution in [3.05, 3.63) is 23.8 Å². The van der Waals surface area contributed by atoms with Crippen LogP contribution in [0.25, 0.3) is 0 Å². The molecule has 0 unspecified atom stereocenters. The summed E-state index contributed by atoms with van der Waals surface area (Å²) >= 11 is 0. The molecule has 0 fully saturated rings. The number of ether oxygens (including phenoxy) is 2. The predicted molar refractivity (Wildman–Crippen MR) is 73.5 cm³/mol. The lowest BCUT2D eigenvalue weighted by atomic mass is 10.2. The normalized spacial score (nSPS) is 10.0. The predicted octanol–water partition coefficient (Wildman–Crippen LogP) is 0.852. The molecular formula is C13H21N3O3. The maximum absolute atomic E-state index is 10.5. The molecule has 0 radical (unpaired) electrons. The van der Waals surface area contributed by atoms with Crippen molar-refractivity contribution in [2.24, 2.45) is 5.73 Å². The van der Waals surface area contributed by atoms with Crippen molar-refractivity contribution in [3.63, 3.8) is 0 Å². The highest BCUT2D eigenvalue weighted by atomic mass is 16.5. The van der Waals surface area contributed by atoms with E-state index >= 15 is 0 Å². The number of methoxy groups -OCH3 is 1. The van der Waals surface area contributed by atoms with E-state index in [0.717, 1.165) is 17.1 Å². The minimum atomic E-state index is -0.510. The molecule has 0 atom stereocenters. The van der Waals surface area contributed by atoms with Crippen LogP contribution in [-0.2, 0) is 6.54 Å². The Kier molecular flexibility index (Phi) is 6.52. The van der Waals surface area contributed by atoms with Gasteiger partial charge in [-0.25, -0.2) is 4.79 Å². The highest BCUT2D eigenvalue weighted by Gasteiger charge is 2.04. The third-order valence-electron chi connectivity index (χ3n) is 2.46. The van der Waals surface area contributed by atoms with Gasteiger partial charge in [0, 0.05) is 19.6 Å². The smallest absolute Gasteiger partial charge is 0.312 e. The van der Waals surface area contributed by atoms with Crippen LogP contribution in [0, 0.1) is 0 Å². The van der Waals surface area contributed by atoms with Crippen LogP contribution in [0.15, 0.2) is 18.2 Å². The fraction of sp³-hybridized carbons (Fsp3) is 0.462. The molecule has 0 heterocycles. The summed E-state index contributed by atoms with van der Waals surface area (Å²) in [6.07, 6.45) is 0. The van der Waals surface area contributed by atoms with Gasteiger partial charge in [0.1, 0.15) is 0 Å². The number of nitrogens with two attached hydrogens (primary N) is 1. The molecule has 1 rings (SSSR count). The fourth-order valence-corrected chi connectivity index (χ4v) is 1.60. The lowest BCUT2D eigenvalue weighted by molar-refractivity contribution is 0.249.